The Hall–Kier alpha value is -4.62. The molecule has 3 heterocycles. The first-order valence-electron chi connectivity index (χ1n) is 13.3. The molecule has 39 heavy (non-hydrogen) atoms. The van der Waals surface area contributed by atoms with E-state index in [1.807, 2.05) is 43.5 Å². The highest BCUT2D eigenvalue weighted by Gasteiger charge is 2.41. The molecule has 7 heteroatoms. The number of hydrogen-bond acceptors (Lipinski definition) is 6. The average Bonchev–Trinajstić information content (AvgIpc) is 3.28. The summed E-state index contributed by atoms with van der Waals surface area (Å²) in [6, 6.07) is 35.5. The molecule has 3 aromatic carbocycles. The fourth-order valence-electron chi connectivity index (χ4n) is 5.44. The summed E-state index contributed by atoms with van der Waals surface area (Å²) in [6.45, 7) is 5.08. The zero-order valence-electron chi connectivity index (χ0n) is 22.0. The van der Waals surface area contributed by atoms with E-state index in [9.17, 15) is 0 Å². The van der Waals surface area contributed by atoms with Crippen LogP contribution in [0.3, 0.4) is 0 Å². The maximum absolute atomic E-state index is 6.77. The molecule has 1 aliphatic heterocycles. The molecule has 3 N–H and O–H groups in total. The van der Waals surface area contributed by atoms with E-state index in [0.29, 0.717) is 24.7 Å². The molecule has 2 aromatic heterocycles. The van der Waals surface area contributed by atoms with Crippen LogP contribution in [0, 0.1) is 6.92 Å². The van der Waals surface area contributed by atoms with Crippen molar-refractivity contribution < 1.29 is 4.74 Å². The van der Waals surface area contributed by atoms with E-state index < -0.39 is 5.54 Å². The molecular formula is C32H32N6O. The van der Waals surface area contributed by atoms with Crippen molar-refractivity contribution in [2.45, 2.75) is 12.5 Å². The molecule has 0 saturated carbocycles. The summed E-state index contributed by atoms with van der Waals surface area (Å²) in [7, 11) is 0. The second-order valence-corrected chi connectivity index (χ2v) is 9.70. The van der Waals surface area contributed by atoms with Crippen LogP contribution in [0.2, 0.25) is 0 Å². The summed E-state index contributed by atoms with van der Waals surface area (Å²) in [5.74, 6) is 1.52. The van der Waals surface area contributed by atoms with Gasteiger partial charge in [0.25, 0.3) is 0 Å². The molecule has 0 radical (unpaired) electrons. The van der Waals surface area contributed by atoms with E-state index >= 15 is 0 Å². The second-order valence-electron chi connectivity index (χ2n) is 9.70. The van der Waals surface area contributed by atoms with E-state index in [4.69, 9.17) is 15.6 Å². The normalized spacial score (nSPS) is 13.8. The molecule has 0 spiro atoms. The number of anilines is 4. The Morgan fingerprint density at radius 2 is 1.33 bits per heavy atom. The van der Waals surface area contributed by atoms with Crippen molar-refractivity contribution in [3.8, 4) is 0 Å². The summed E-state index contributed by atoms with van der Waals surface area (Å²) in [4.78, 5) is 6.81. The first-order chi connectivity index (χ1) is 19.2. The number of aromatic nitrogens is 3. The number of rotatable bonds is 7. The van der Waals surface area contributed by atoms with E-state index in [2.05, 4.69) is 92.7 Å². The molecule has 0 aliphatic carbocycles. The van der Waals surface area contributed by atoms with Gasteiger partial charge in [-0.25, -0.2) is 9.67 Å². The number of nitrogen functional groups attached to an aromatic ring is 1. The van der Waals surface area contributed by atoms with Crippen LogP contribution in [0.5, 0.6) is 0 Å². The molecule has 1 fully saturated rings. The lowest BCUT2D eigenvalue weighted by atomic mass is 9.77. The van der Waals surface area contributed by atoms with Crippen molar-refractivity contribution in [2.24, 2.45) is 0 Å². The highest BCUT2D eigenvalue weighted by atomic mass is 16.5. The molecule has 196 valence electrons. The Morgan fingerprint density at radius 3 is 1.87 bits per heavy atom. The third kappa shape index (κ3) is 4.51. The topological polar surface area (TPSA) is 81.2 Å². The first-order valence-corrected chi connectivity index (χ1v) is 13.3. The van der Waals surface area contributed by atoms with E-state index in [1.54, 1.807) is 0 Å². The minimum atomic E-state index is -0.737. The van der Waals surface area contributed by atoms with E-state index in [0.717, 1.165) is 47.0 Å². The van der Waals surface area contributed by atoms with Crippen LogP contribution in [-0.4, -0.2) is 41.1 Å². The number of benzene rings is 3. The molecule has 6 rings (SSSR count). The van der Waals surface area contributed by atoms with Crippen LogP contribution in [-0.2, 0) is 10.3 Å². The molecule has 0 amide bonds. The van der Waals surface area contributed by atoms with Gasteiger partial charge in [-0.05, 0) is 29.7 Å². The van der Waals surface area contributed by atoms with E-state index in [-0.39, 0.29) is 0 Å². The minimum Gasteiger partial charge on any atom is -0.394 e. The number of hydrogen-bond donors (Lipinski definition) is 2. The fraction of sp³-hybridized carbons (Fsp3) is 0.188. The van der Waals surface area contributed by atoms with Gasteiger partial charge in [-0.2, -0.15) is 5.10 Å². The maximum Gasteiger partial charge on any atom is 0.176 e. The maximum atomic E-state index is 6.77. The zero-order valence-corrected chi connectivity index (χ0v) is 22.0. The Bertz CT molecular complexity index is 1430. The second kappa shape index (κ2) is 10.6. The smallest absolute Gasteiger partial charge is 0.176 e. The standard InChI is InChI=1S/C32H32N6O/c1-24-30(33)31(35-28-17-18-34-29(23-28)37-19-21-39-22-20-37)36-38(24)32(25-11-5-2-6-12-25,26-13-7-3-8-14-26)27-15-9-4-10-16-27/h2-18,23H,19-22,33H2,1H3,(H,34,35,36). The van der Waals surface area contributed by atoms with Crippen molar-refractivity contribution in [1.29, 1.82) is 0 Å². The van der Waals surface area contributed by atoms with Gasteiger partial charge in [-0.1, -0.05) is 91.0 Å². The van der Waals surface area contributed by atoms with Gasteiger partial charge in [0.15, 0.2) is 5.82 Å². The summed E-state index contributed by atoms with van der Waals surface area (Å²) in [5, 5.41) is 8.66. The Kier molecular flexibility index (Phi) is 6.73. The molecule has 7 nitrogen and oxygen atoms in total. The van der Waals surface area contributed by atoms with Crippen molar-refractivity contribution in [3.05, 3.63) is 132 Å². The zero-order chi connectivity index (χ0) is 26.7. The molecule has 0 atom stereocenters. The Labute approximate surface area is 228 Å². The van der Waals surface area contributed by atoms with Gasteiger partial charge in [-0.3, -0.25) is 0 Å². The van der Waals surface area contributed by atoms with Crippen molar-refractivity contribution >= 4 is 23.0 Å². The van der Waals surface area contributed by atoms with Crippen molar-refractivity contribution in [1.82, 2.24) is 14.8 Å². The summed E-state index contributed by atoms with van der Waals surface area (Å²) in [6.07, 6.45) is 1.81. The lowest BCUT2D eigenvalue weighted by Crippen LogP contribution is -2.39. The van der Waals surface area contributed by atoms with Crippen LogP contribution in [0.15, 0.2) is 109 Å². The highest BCUT2D eigenvalue weighted by molar-refractivity contribution is 5.72. The SMILES string of the molecule is Cc1c(N)c(Nc2ccnc(N3CCOCC3)c2)nn1C(c1ccccc1)(c1ccccc1)c1ccccc1. The van der Waals surface area contributed by atoms with Gasteiger partial charge in [0, 0.05) is 31.0 Å². The largest absolute Gasteiger partial charge is 0.394 e. The molecule has 0 bridgehead atoms. The first kappa shape index (κ1) is 24.7. The molecule has 0 unspecified atom stereocenters. The summed E-state index contributed by atoms with van der Waals surface area (Å²) >= 11 is 0. The fourth-order valence-corrected chi connectivity index (χ4v) is 5.44. The summed E-state index contributed by atoms with van der Waals surface area (Å²) < 4.78 is 7.57. The predicted molar refractivity (Wildman–Crippen MR) is 157 cm³/mol. The monoisotopic (exact) mass is 516 g/mol. The van der Waals surface area contributed by atoms with Crippen LogP contribution >= 0.6 is 0 Å². The molecule has 1 aliphatic rings. The van der Waals surface area contributed by atoms with Gasteiger partial charge in [0.05, 0.1) is 24.6 Å². The van der Waals surface area contributed by atoms with Crippen molar-refractivity contribution in [3.63, 3.8) is 0 Å². The van der Waals surface area contributed by atoms with Crippen LogP contribution in [0.25, 0.3) is 0 Å². The third-order valence-corrected chi connectivity index (χ3v) is 7.40. The van der Waals surface area contributed by atoms with Gasteiger partial charge in [-0.15, -0.1) is 0 Å². The van der Waals surface area contributed by atoms with Gasteiger partial charge in [0.1, 0.15) is 11.4 Å². The van der Waals surface area contributed by atoms with Gasteiger partial charge in [0.2, 0.25) is 0 Å². The predicted octanol–water partition coefficient (Wildman–Crippen LogP) is 5.59. The minimum absolute atomic E-state index is 0.604. The highest BCUT2D eigenvalue weighted by Crippen LogP contribution is 2.43. The summed E-state index contributed by atoms with van der Waals surface area (Å²) in [5.41, 5.74) is 11.7. The molecular weight excluding hydrogens is 484 g/mol. The number of nitrogens with zero attached hydrogens (tertiary/aromatic N) is 4. The van der Waals surface area contributed by atoms with Crippen LogP contribution < -0.4 is 16.0 Å². The van der Waals surface area contributed by atoms with Crippen LogP contribution in [0.1, 0.15) is 22.4 Å². The lowest BCUT2D eigenvalue weighted by Gasteiger charge is -2.37. The number of nitrogens with two attached hydrogens (primary N) is 1. The Morgan fingerprint density at radius 1 is 0.795 bits per heavy atom. The van der Waals surface area contributed by atoms with Gasteiger partial charge >= 0.3 is 0 Å². The average molecular weight is 517 g/mol. The van der Waals surface area contributed by atoms with Gasteiger partial charge < -0.3 is 20.7 Å². The number of morpholine rings is 1. The third-order valence-electron chi connectivity index (χ3n) is 7.40. The number of pyridine rings is 1. The lowest BCUT2D eigenvalue weighted by molar-refractivity contribution is 0.122. The number of ether oxygens (including phenoxy) is 1. The van der Waals surface area contributed by atoms with E-state index in [1.165, 1.54) is 0 Å². The molecule has 1 saturated heterocycles. The Balaban J connectivity index is 1.50. The van der Waals surface area contributed by atoms with Crippen molar-refractivity contribution in [2.75, 3.05) is 42.3 Å². The quantitative estimate of drug-likeness (QED) is 0.275. The number of nitrogens with one attached hydrogen (secondary N) is 1. The molecule has 5 aromatic rings. The van der Waals surface area contributed by atoms with Crippen LogP contribution in [0.4, 0.5) is 23.0 Å².